The van der Waals surface area contributed by atoms with E-state index in [0.717, 1.165) is 0 Å². The van der Waals surface area contributed by atoms with Crippen LogP contribution >= 0.6 is 0 Å². The van der Waals surface area contributed by atoms with Crippen LogP contribution in [0.3, 0.4) is 0 Å². The summed E-state index contributed by atoms with van der Waals surface area (Å²) in [4.78, 5) is 33.8. The Morgan fingerprint density at radius 2 is 1.68 bits per heavy atom. The molecule has 0 spiro atoms. The third-order valence-corrected chi connectivity index (χ3v) is 3.07. The fourth-order valence-corrected chi connectivity index (χ4v) is 1.78. The molecule has 0 aliphatic carbocycles. The standard InChI is InChI=1S/C18H20O7/c1-11(2)18(22)25-17-14(23-3)9-12(10-15(17)24-4)5-6-13(19)7-8-16(20)21/h5-6,9-10H,1,7-8H2,2-4H3,(H,20,21)/b6-5+. The molecule has 0 saturated carbocycles. The molecule has 0 atom stereocenters. The molecule has 25 heavy (non-hydrogen) atoms. The molecule has 7 heteroatoms. The molecule has 0 heterocycles. The largest absolute Gasteiger partial charge is 0.493 e. The van der Waals surface area contributed by atoms with Crippen molar-refractivity contribution < 1.29 is 33.7 Å². The molecule has 0 fully saturated rings. The second-order valence-electron chi connectivity index (χ2n) is 5.12. The minimum absolute atomic E-state index is 0.0889. The number of hydrogen-bond acceptors (Lipinski definition) is 6. The van der Waals surface area contributed by atoms with Crippen molar-refractivity contribution in [1.82, 2.24) is 0 Å². The normalized spacial score (nSPS) is 10.4. The quantitative estimate of drug-likeness (QED) is 0.416. The minimum atomic E-state index is -1.03. The summed E-state index contributed by atoms with van der Waals surface area (Å²) in [5.41, 5.74) is 0.782. The van der Waals surface area contributed by atoms with Crippen LogP contribution in [-0.2, 0) is 14.4 Å². The van der Waals surface area contributed by atoms with Crippen molar-refractivity contribution in [1.29, 1.82) is 0 Å². The molecule has 1 N–H and O–H groups in total. The Balaban J connectivity index is 3.07. The highest BCUT2D eigenvalue weighted by Crippen LogP contribution is 2.39. The van der Waals surface area contributed by atoms with Gasteiger partial charge in [-0.1, -0.05) is 12.7 Å². The summed E-state index contributed by atoms with van der Waals surface area (Å²) < 4.78 is 15.6. The molecule has 0 aromatic heterocycles. The number of allylic oxidation sites excluding steroid dienone is 1. The zero-order valence-corrected chi connectivity index (χ0v) is 14.3. The van der Waals surface area contributed by atoms with Crippen molar-refractivity contribution in [2.24, 2.45) is 0 Å². The van der Waals surface area contributed by atoms with Gasteiger partial charge in [-0.05, 0) is 30.7 Å². The van der Waals surface area contributed by atoms with Gasteiger partial charge in [0.2, 0.25) is 5.75 Å². The highest BCUT2D eigenvalue weighted by Gasteiger charge is 2.17. The fraction of sp³-hybridized carbons (Fsp3) is 0.278. The van der Waals surface area contributed by atoms with Crippen molar-refractivity contribution in [3.8, 4) is 17.2 Å². The number of carbonyl (C=O) groups is 3. The van der Waals surface area contributed by atoms with Crippen molar-refractivity contribution in [3.05, 3.63) is 35.9 Å². The Kier molecular flexibility index (Phi) is 7.40. The zero-order valence-electron chi connectivity index (χ0n) is 14.3. The second kappa shape index (κ2) is 9.27. The molecule has 1 rings (SSSR count). The summed E-state index contributed by atoms with van der Waals surface area (Å²) in [6, 6.07) is 3.12. The average Bonchev–Trinajstić information content (AvgIpc) is 2.58. The van der Waals surface area contributed by atoms with Crippen LogP contribution in [0.4, 0.5) is 0 Å². The molecular formula is C18H20O7. The number of esters is 1. The first-order chi connectivity index (χ1) is 11.8. The predicted octanol–water partition coefficient (Wildman–Crippen LogP) is 2.63. The monoisotopic (exact) mass is 348 g/mol. The Morgan fingerprint density at radius 1 is 1.12 bits per heavy atom. The van der Waals surface area contributed by atoms with Gasteiger partial charge in [0.25, 0.3) is 0 Å². The number of rotatable bonds is 9. The van der Waals surface area contributed by atoms with Gasteiger partial charge in [0, 0.05) is 12.0 Å². The summed E-state index contributed by atoms with van der Waals surface area (Å²) >= 11 is 0. The molecule has 0 radical (unpaired) electrons. The topological polar surface area (TPSA) is 99.1 Å². The van der Waals surface area contributed by atoms with E-state index in [1.54, 1.807) is 12.1 Å². The van der Waals surface area contributed by atoms with Gasteiger partial charge in [0.05, 0.1) is 20.6 Å². The molecule has 7 nitrogen and oxygen atoms in total. The molecule has 1 aromatic rings. The van der Waals surface area contributed by atoms with E-state index in [1.807, 2.05) is 0 Å². The maximum Gasteiger partial charge on any atom is 0.338 e. The van der Waals surface area contributed by atoms with E-state index in [4.69, 9.17) is 19.3 Å². The SMILES string of the molecule is C=C(C)C(=O)Oc1c(OC)cc(/C=C/C(=O)CCC(=O)O)cc1OC. The van der Waals surface area contributed by atoms with E-state index < -0.39 is 11.9 Å². The van der Waals surface area contributed by atoms with Crippen molar-refractivity contribution >= 4 is 23.8 Å². The number of ether oxygens (including phenoxy) is 3. The Bertz CT molecular complexity index is 691. The lowest BCUT2D eigenvalue weighted by molar-refractivity contribution is -0.138. The van der Waals surface area contributed by atoms with Crippen LogP contribution in [-0.4, -0.2) is 37.0 Å². The Hall–Kier alpha value is -3.09. The third kappa shape index (κ3) is 6.14. The summed E-state index contributed by atoms with van der Waals surface area (Å²) in [6.45, 7) is 5.03. The number of aliphatic carboxylic acids is 1. The summed E-state index contributed by atoms with van der Waals surface area (Å²) in [6.07, 6.45) is 2.45. The lowest BCUT2D eigenvalue weighted by Crippen LogP contribution is -2.10. The van der Waals surface area contributed by atoms with Crippen LogP contribution in [0.25, 0.3) is 6.08 Å². The number of ketones is 1. The van der Waals surface area contributed by atoms with E-state index >= 15 is 0 Å². The number of benzene rings is 1. The van der Waals surface area contributed by atoms with Gasteiger partial charge in [-0.15, -0.1) is 0 Å². The van der Waals surface area contributed by atoms with Gasteiger partial charge in [-0.25, -0.2) is 4.79 Å². The number of carboxylic acids is 1. The molecular weight excluding hydrogens is 328 g/mol. The van der Waals surface area contributed by atoms with E-state index in [-0.39, 0.29) is 41.4 Å². The predicted molar refractivity (Wildman–Crippen MR) is 90.9 cm³/mol. The molecule has 0 amide bonds. The first kappa shape index (κ1) is 20.0. The number of methoxy groups -OCH3 is 2. The van der Waals surface area contributed by atoms with E-state index in [1.165, 1.54) is 33.3 Å². The van der Waals surface area contributed by atoms with Crippen LogP contribution in [0.1, 0.15) is 25.3 Å². The van der Waals surface area contributed by atoms with Gasteiger partial charge in [0.1, 0.15) is 0 Å². The summed E-state index contributed by atoms with van der Waals surface area (Å²) in [5.74, 6) is -1.39. The molecule has 0 aliphatic heterocycles. The summed E-state index contributed by atoms with van der Waals surface area (Å²) in [7, 11) is 2.80. The second-order valence-corrected chi connectivity index (χ2v) is 5.12. The number of hydrogen-bond donors (Lipinski definition) is 1. The van der Waals surface area contributed by atoms with E-state index in [0.29, 0.717) is 5.56 Å². The first-order valence-electron chi connectivity index (χ1n) is 7.35. The highest BCUT2D eigenvalue weighted by atomic mass is 16.6. The molecule has 134 valence electrons. The van der Waals surface area contributed by atoms with Crippen LogP contribution in [0, 0.1) is 0 Å². The van der Waals surface area contributed by atoms with E-state index in [2.05, 4.69) is 6.58 Å². The third-order valence-electron chi connectivity index (χ3n) is 3.07. The lowest BCUT2D eigenvalue weighted by Gasteiger charge is -2.14. The van der Waals surface area contributed by atoms with E-state index in [9.17, 15) is 14.4 Å². The maximum atomic E-state index is 11.7. The maximum absolute atomic E-state index is 11.7. The molecule has 0 saturated heterocycles. The fourth-order valence-electron chi connectivity index (χ4n) is 1.78. The van der Waals surface area contributed by atoms with Gasteiger partial charge in [-0.2, -0.15) is 0 Å². The van der Waals surface area contributed by atoms with Crippen LogP contribution in [0.5, 0.6) is 17.2 Å². The minimum Gasteiger partial charge on any atom is -0.493 e. The first-order valence-corrected chi connectivity index (χ1v) is 7.35. The highest BCUT2D eigenvalue weighted by molar-refractivity contribution is 5.95. The average molecular weight is 348 g/mol. The van der Waals surface area contributed by atoms with Gasteiger partial charge >= 0.3 is 11.9 Å². The molecule has 0 aliphatic rings. The zero-order chi connectivity index (χ0) is 19.0. The lowest BCUT2D eigenvalue weighted by atomic mass is 10.1. The Labute approximate surface area is 145 Å². The van der Waals surface area contributed by atoms with Crippen molar-refractivity contribution in [3.63, 3.8) is 0 Å². The molecule has 1 aromatic carbocycles. The molecule has 0 unspecified atom stereocenters. The van der Waals surface area contributed by atoms with Crippen LogP contribution in [0.2, 0.25) is 0 Å². The van der Waals surface area contributed by atoms with Crippen LogP contribution in [0.15, 0.2) is 30.4 Å². The van der Waals surface area contributed by atoms with Crippen molar-refractivity contribution in [2.45, 2.75) is 19.8 Å². The smallest absolute Gasteiger partial charge is 0.338 e. The summed E-state index contributed by atoms with van der Waals surface area (Å²) in [5, 5.41) is 8.57. The van der Waals surface area contributed by atoms with Gasteiger partial charge in [0.15, 0.2) is 17.3 Å². The molecule has 0 bridgehead atoms. The Morgan fingerprint density at radius 3 is 2.12 bits per heavy atom. The van der Waals surface area contributed by atoms with Gasteiger partial charge in [-0.3, -0.25) is 9.59 Å². The number of carboxylic acid groups (broad SMARTS) is 1. The van der Waals surface area contributed by atoms with Gasteiger partial charge < -0.3 is 19.3 Å². The van der Waals surface area contributed by atoms with Crippen molar-refractivity contribution in [2.75, 3.05) is 14.2 Å². The number of carbonyl (C=O) groups excluding carboxylic acids is 2. The van der Waals surface area contributed by atoms with Crippen LogP contribution < -0.4 is 14.2 Å².